The average molecular weight is 332 g/mol. The highest BCUT2D eigenvalue weighted by Crippen LogP contribution is 2.24. The van der Waals surface area contributed by atoms with Crippen molar-refractivity contribution in [3.8, 4) is 0 Å². The van der Waals surface area contributed by atoms with Gasteiger partial charge >= 0.3 is 0 Å². The molecule has 4 aromatic rings. The van der Waals surface area contributed by atoms with Crippen molar-refractivity contribution in [2.45, 2.75) is 6.92 Å². The van der Waals surface area contributed by atoms with Gasteiger partial charge in [-0.25, -0.2) is 5.43 Å². The van der Waals surface area contributed by atoms with Crippen LogP contribution in [0, 0.1) is 0 Å². The maximum atomic E-state index is 5.26. The van der Waals surface area contributed by atoms with Crippen LogP contribution in [0.2, 0.25) is 0 Å². The summed E-state index contributed by atoms with van der Waals surface area (Å²) in [6, 6.07) is 11.7. The van der Waals surface area contributed by atoms with Crippen molar-refractivity contribution in [1.82, 2.24) is 19.7 Å². The summed E-state index contributed by atoms with van der Waals surface area (Å²) >= 11 is 0. The average Bonchev–Trinajstić information content (AvgIpc) is 3.23. The van der Waals surface area contributed by atoms with Crippen LogP contribution in [0.4, 0.5) is 5.95 Å². The molecule has 7 nitrogen and oxygen atoms in total. The number of anilines is 1. The van der Waals surface area contributed by atoms with Gasteiger partial charge in [0.25, 0.3) is 5.95 Å². The fourth-order valence-electron chi connectivity index (χ4n) is 2.68. The summed E-state index contributed by atoms with van der Waals surface area (Å²) in [6.45, 7) is 1.93. The van der Waals surface area contributed by atoms with E-state index in [1.165, 1.54) is 0 Å². The van der Waals surface area contributed by atoms with Gasteiger partial charge in [-0.2, -0.15) is 10.1 Å². The van der Waals surface area contributed by atoms with Gasteiger partial charge in [0.15, 0.2) is 5.65 Å². The van der Waals surface area contributed by atoms with E-state index in [1.54, 1.807) is 12.5 Å². The molecule has 1 aromatic carbocycles. The first-order valence-electron chi connectivity index (χ1n) is 7.81. The molecule has 7 heteroatoms. The molecule has 0 aliphatic carbocycles. The number of aromatic nitrogens is 4. The van der Waals surface area contributed by atoms with Gasteiger partial charge in [0.1, 0.15) is 11.3 Å². The fraction of sp³-hybridized carbons (Fsp3) is 0.111. The van der Waals surface area contributed by atoms with E-state index in [9.17, 15) is 0 Å². The molecule has 3 aromatic heterocycles. The van der Waals surface area contributed by atoms with Crippen molar-refractivity contribution in [2.75, 3.05) is 5.43 Å². The highest BCUT2D eigenvalue weighted by atomic mass is 16.3. The van der Waals surface area contributed by atoms with Gasteiger partial charge < -0.3 is 8.98 Å². The third-order valence-corrected chi connectivity index (χ3v) is 3.85. The Labute approximate surface area is 143 Å². The van der Waals surface area contributed by atoms with Gasteiger partial charge in [-0.1, -0.05) is 18.2 Å². The monoisotopic (exact) mass is 332 g/mol. The van der Waals surface area contributed by atoms with Crippen LogP contribution < -0.4 is 5.43 Å². The molecule has 0 bridgehead atoms. The van der Waals surface area contributed by atoms with E-state index in [4.69, 9.17) is 4.42 Å². The number of rotatable bonds is 4. The molecule has 3 heterocycles. The molecule has 0 aliphatic heterocycles. The molecule has 1 N–H and O–H groups in total. The highest BCUT2D eigenvalue weighted by Gasteiger charge is 2.11. The third-order valence-electron chi connectivity index (χ3n) is 3.85. The molecule has 124 valence electrons. The fourth-order valence-corrected chi connectivity index (χ4v) is 2.68. The number of allylic oxidation sites excluding steroid dienone is 1. The van der Waals surface area contributed by atoms with E-state index in [-0.39, 0.29) is 0 Å². The first-order chi connectivity index (χ1) is 12.2. The van der Waals surface area contributed by atoms with Crippen LogP contribution in [0.3, 0.4) is 0 Å². The molecule has 25 heavy (non-hydrogen) atoms. The van der Waals surface area contributed by atoms with Crippen molar-refractivity contribution in [3.63, 3.8) is 0 Å². The number of hydrogen-bond donors (Lipinski definition) is 1. The lowest BCUT2D eigenvalue weighted by atomic mass is 10.2. The van der Waals surface area contributed by atoms with Crippen LogP contribution in [-0.2, 0) is 7.05 Å². The number of hydrazone groups is 1. The number of benzene rings is 1. The van der Waals surface area contributed by atoms with E-state index in [2.05, 4.69) is 25.7 Å². The highest BCUT2D eigenvalue weighted by molar-refractivity contribution is 6.04. The number of nitrogens with one attached hydrogen (secondary N) is 1. The minimum atomic E-state index is 0.348. The third kappa shape index (κ3) is 2.87. The van der Waals surface area contributed by atoms with Crippen molar-refractivity contribution in [2.24, 2.45) is 12.1 Å². The zero-order valence-corrected chi connectivity index (χ0v) is 13.8. The lowest BCUT2D eigenvalue weighted by molar-refractivity contribution is 0.557. The molecule has 0 saturated heterocycles. The zero-order chi connectivity index (χ0) is 17.2. The zero-order valence-electron chi connectivity index (χ0n) is 13.8. The van der Waals surface area contributed by atoms with Crippen molar-refractivity contribution >= 4 is 40.3 Å². The molecule has 0 aliphatic rings. The number of fused-ring (bicyclic) bond motifs is 3. The minimum Gasteiger partial charge on any atom is -0.465 e. The largest absolute Gasteiger partial charge is 0.465 e. The van der Waals surface area contributed by atoms with E-state index in [0.717, 1.165) is 33.4 Å². The maximum absolute atomic E-state index is 5.26. The van der Waals surface area contributed by atoms with Gasteiger partial charge in [0.2, 0.25) is 0 Å². The predicted molar refractivity (Wildman–Crippen MR) is 98.3 cm³/mol. The number of aryl methyl sites for hydroxylation is 1. The van der Waals surface area contributed by atoms with E-state index in [1.807, 2.05) is 61.0 Å². The Kier molecular flexibility index (Phi) is 3.74. The molecule has 0 unspecified atom stereocenters. The standard InChI is InChI=1S/C18H16N6O/c1-12(10-13-6-5-9-25-13)11-19-22-18-20-17-16(21-23-18)14-7-3-4-8-15(14)24(17)2/h3-11H,1-2H3,(H,20,22,23)/b12-10-,19-11?. The van der Waals surface area contributed by atoms with Crippen LogP contribution in [0.15, 0.2) is 57.8 Å². The Morgan fingerprint density at radius 2 is 2.08 bits per heavy atom. The summed E-state index contributed by atoms with van der Waals surface area (Å²) in [4.78, 5) is 4.51. The minimum absolute atomic E-state index is 0.348. The molecule has 0 saturated carbocycles. The quantitative estimate of drug-likeness (QED) is 0.456. The Hall–Kier alpha value is -3.48. The van der Waals surface area contributed by atoms with Crippen LogP contribution in [-0.4, -0.2) is 26.0 Å². The summed E-state index contributed by atoms with van der Waals surface area (Å²) in [5.41, 5.74) is 6.36. The molecule has 0 atom stereocenters. The normalized spacial score (nSPS) is 12.5. The maximum Gasteiger partial charge on any atom is 0.265 e. The first kappa shape index (κ1) is 15.1. The lowest BCUT2D eigenvalue weighted by Gasteiger charge is -1.99. The van der Waals surface area contributed by atoms with Crippen LogP contribution in [0.5, 0.6) is 0 Å². The predicted octanol–water partition coefficient (Wildman–Crippen LogP) is 3.61. The second-order valence-corrected chi connectivity index (χ2v) is 5.66. The van der Waals surface area contributed by atoms with Crippen molar-refractivity contribution in [3.05, 3.63) is 54.0 Å². The summed E-state index contributed by atoms with van der Waals surface area (Å²) in [5.74, 6) is 1.12. The van der Waals surface area contributed by atoms with E-state index >= 15 is 0 Å². The van der Waals surface area contributed by atoms with Crippen molar-refractivity contribution in [1.29, 1.82) is 0 Å². The first-order valence-corrected chi connectivity index (χ1v) is 7.81. The molecular weight excluding hydrogens is 316 g/mol. The molecular formula is C18H16N6O. The molecule has 0 spiro atoms. The van der Waals surface area contributed by atoms with Gasteiger partial charge in [0.05, 0.1) is 18.0 Å². The van der Waals surface area contributed by atoms with E-state index < -0.39 is 0 Å². The van der Waals surface area contributed by atoms with Crippen LogP contribution in [0.1, 0.15) is 12.7 Å². The Bertz CT molecular complexity index is 1090. The molecule has 0 fully saturated rings. The van der Waals surface area contributed by atoms with E-state index in [0.29, 0.717) is 5.95 Å². The van der Waals surface area contributed by atoms with Crippen LogP contribution in [0.25, 0.3) is 28.1 Å². The van der Waals surface area contributed by atoms with Crippen molar-refractivity contribution < 1.29 is 4.42 Å². The second-order valence-electron chi connectivity index (χ2n) is 5.66. The summed E-state index contributed by atoms with van der Waals surface area (Å²) in [7, 11) is 1.96. The topological polar surface area (TPSA) is 81.1 Å². The molecule has 0 amide bonds. The number of para-hydroxylation sites is 1. The lowest BCUT2D eigenvalue weighted by Crippen LogP contribution is -2.00. The number of nitrogens with zero attached hydrogens (tertiary/aromatic N) is 5. The SMILES string of the molecule is C/C(C=NNc1nnc2c3ccccc3n(C)c2n1)=C/c1ccco1. The number of hydrogen-bond acceptors (Lipinski definition) is 6. The smallest absolute Gasteiger partial charge is 0.265 e. The molecule has 4 rings (SSSR count). The summed E-state index contributed by atoms with van der Waals surface area (Å²) < 4.78 is 7.26. The van der Waals surface area contributed by atoms with Gasteiger partial charge in [-0.05, 0) is 36.8 Å². The number of furan rings is 1. The Morgan fingerprint density at radius 3 is 2.92 bits per heavy atom. The molecule has 0 radical (unpaired) electrons. The summed E-state index contributed by atoms with van der Waals surface area (Å²) in [6.07, 6.45) is 5.20. The van der Waals surface area contributed by atoms with Crippen LogP contribution >= 0.6 is 0 Å². The second kappa shape index (κ2) is 6.20. The summed E-state index contributed by atoms with van der Waals surface area (Å²) in [5, 5.41) is 13.6. The Balaban J connectivity index is 1.59. The van der Waals surface area contributed by atoms with Gasteiger partial charge in [0, 0.05) is 12.4 Å². The Morgan fingerprint density at radius 1 is 1.20 bits per heavy atom. The van der Waals surface area contributed by atoms with Gasteiger partial charge in [-0.15, -0.1) is 10.2 Å². The van der Waals surface area contributed by atoms with Gasteiger partial charge in [-0.3, -0.25) is 0 Å².